The standard InChI is InChI=1S/C11H20N4/c1-3-10(8-12)14-6-5-7-15-11(4-2)9-13/h10-11,14-15H,3-7H2,1-2H3. The smallest absolute Gasteiger partial charge is 0.0950 e. The number of nitrogens with one attached hydrogen (secondary N) is 2. The van der Waals surface area contributed by atoms with Crippen LogP contribution in [0, 0.1) is 22.7 Å². The van der Waals surface area contributed by atoms with E-state index in [-0.39, 0.29) is 12.1 Å². The summed E-state index contributed by atoms with van der Waals surface area (Å²) in [7, 11) is 0. The highest BCUT2D eigenvalue weighted by Gasteiger charge is 2.03. The summed E-state index contributed by atoms with van der Waals surface area (Å²) in [6, 6.07) is 4.30. The number of nitriles is 2. The van der Waals surface area contributed by atoms with Crippen molar-refractivity contribution >= 4 is 0 Å². The molecule has 15 heavy (non-hydrogen) atoms. The summed E-state index contributed by atoms with van der Waals surface area (Å²) in [5, 5.41) is 23.6. The van der Waals surface area contributed by atoms with Crippen LogP contribution in [0.4, 0.5) is 0 Å². The molecule has 0 aliphatic rings. The Labute approximate surface area is 92.3 Å². The minimum atomic E-state index is -0.0389. The Morgan fingerprint density at radius 3 is 1.60 bits per heavy atom. The molecule has 0 aromatic rings. The molecule has 0 saturated heterocycles. The second-order valence-electron chi connectivity index (χ2n) is 3.44. The normalized spacial score (nSPS) is 13.9. The van der Waals surface area contributed by atoms with Crippen molar-refractivity contribution in [1.29, 1.82) is 10.5 Å². The van der Waals surface area contributed by atoms with Gasteiger partial charge in [0.25, 0.3) is 0 Å². The van der Waals surface area contributed by atoms with Crippen molar-refractivity contribution in [3.8, 4) is 12.1 Å². The van der Waals surface area contributed by atoms with Crippen LogP contribution in [0.15, 0.2) is 0 Å². The Bertz CT molecular complexity index is 202. The monoisotopic (exact) mass is 208 g/mol. The summed E-state index contributed by atoms with van der Waals surface area (Å²) in [6.45, 7) is 5.62. The lowest BCUT2D eigenvalue weighted by atomic mass is 10.2. The predicted molar refractivity (Wildman–Crippen MR) is 60.0 cm³/mol. The maximum atomic E-state index is 8.68. The molecule has 84 valence electrons. The zero-order chi connectivity index (χ0) is 11.5. The van der Waals surface area contributed by atoms with Crippen LogP contribution in [0.5, 0.6) is 0 Å². The molecule has 0 radical (unpaired) electrons. The van der Waals surface area contributed by atoms with Crippen molar-refractivity contribution in [2.45, 2.75) is 45.2 Å². The molecular formula is C11H20N4. The van der Waals surface area contributed by atoms with Crippen molar-refractivity contribution in [2.24, 2.45) is 0 Å². The molecule has 0 rings (SSSR count). The van der Waals surface area contributed by atoms with E-state index >= 15 is 0 Å². The summed E-state index contributed by atoms with van der Waals surface area (Å²) in [6.07, 6.45) is 2.61. The van der Waals surface area contributed by atoms with Crippen LogP contribution in [0.1, 0.15) is 33.1 Å². The second kappa shape index (κ2) is 9.45. The van der Waals surface area contributed by atoms with E-state index in [1.165, 1.54) is 0 Å². The molecule has 0 aromatic carbocycles. The molecule has 0 heterocycles. The molecule has 2 unspecified atom stereocenters. The lowest BCUT2D eigenvalue weighted by molar-refractivity contribution is 0.524. The van der Waals surface area contributed by atoms with Gasteiger partial charge in [0.05, 0.1) is 24.2 Å². The topological polar surface area (TPSA) is 71.6 Å². The predicted octanol–water partition coefficient (Wildman–Crippen LogP) is 1.16. The first kappa shape index (κ1) is 13.9. The van der Waals surface area contributed by atoms with Crippen molar-refractivity contribution in [2.75, 3.05) is 13.1 Å². The van der Waals surface area contributed by atoms with Gasteiger partial charge in [0, 0.05) is 0 Å². The third kappa shape index (κ3) is 6.90. The molecule has 2 atom stereocenters. The van der Waals surface area contributed by atoms with Crippen LogP contribution < -0.4 is 10.6 Å². The van der Waals surface area contributed by atoms with Crippen LogP contribution in [-0.4, -0.2) is 25.2 Å². The highest BCUT2D eigenvalue weighted by Crippen LogP contribution is 1.90. The zero-order valence-electron chi connectivity index (χ0n) is 9.58. The van der Waals surface area contributed by atoms with E-state index in [2.05, 4.69) is 22.8 Å². The maximum absolute atomic E-state index is 8.68. The van der Waals surface area contributed by atoms with E-state index in [4.69, 9.17) is 10.5 Å². The van der Waals surface area contributed by atoms with Gasteiger partial charge in [-0.2, -0.15) is 10.5 Å². The van der Waals surface area contributed by atoms with Crippen molar-refractivity contribution in [3.05, 3.63) is 0 Å². The molecule has 0 saturated carbocycles. The Morgan fingerprint density at radius 1 is 0.933 bits per heavy atom. The van der Waals surface area contributed by atoms with Crippen molar-refractivity contribution in [1.82, 2.24) is 10.6 Å². The summed E-state index contributed by atoms with van der Waals surface area (Å²) in [5.74, 6) is 0. The molecule has 0 amide bonds. The summed E-state index contributed by atoms with van der Waals surface area (Å²) in [4.78, 5) is 0. The van der Waals surface area contributed by atoms with Gasteiger partial charge in [0.2, 0.25) is 0 Å². The summed E-state index contributed by atoms with van der Waals surface area (Å²) >= 11 is 0. The lowest BCUT2D eigenvalue weighted by Gasteiger charge is -2.11. The average Bonchev–Trinajstić information content (AvgIpc) is 2.29. The Kier molecular flexibility index (Phi) is 8.76. The first-order valence-corrected chi connectivity index (χ1v) is 5.54. The molecule has 4 nitrogen and oxygen atoms in total. The molecule has 0 spiro atoms. The van der Waals surface area contributed by atoms with E-state index in [9.17, 15) is 0 Å². The van der Waals surface area contributed by atoms with Gasteiger partial charge in [-0.25, -0.2) is 0 Å². The Balaban J connectivity index is 3.40. The van der Waals surface area contributed by atoms with Crippen LogP contribution in [0.2, 0.25) is 0 Å². The fourth-order valence-corrected chi connectivity index (χ4v) is 1.20. The van der Waals surface area contributed by atoms with E-state index in [0.29, 0.717) is 0 Å². The minimum absolute atomic E-state index is 0.0389. The number of rotatable bonds is 8. The number of hydrogen-bond acceptors (Lipinski definition) is 4. The van der Waals surface area contributed by atoms with Crippen LogP contribution in [0.25, 0.3) is 0 Å². The summed E-state index contributed by atoms with van der Waals surface area (Å²) in [5.41, 5.74) is 0. The Morgan fingerprint density at radius 2 is 1.33 bits per heavy atom. The van der Waals surface area contributed by atoms with E-state index in [1.807, 2.05) is 13.8 Å². The van der Waals surface area contributed by atoms with Gasteiger partial charge in [-0.05, 0) is 32.4 Å². The van der Waals surface area contributed by atoms with E-state index < -0.39 is 0 Å². The molecule has 0 aliphatic heterocycles. The van der Waals surface area contributed by atoms with Gasteiger partial charge in [-0.3, -0.25) is 0 Å². The first-order chi connectivity index (χ1) is 7.28. The molecule has 0 aromatic heterocycles. The van der Waals surface area contributed by atoms with Crippen LogP contribution in [0.3, 0.4) is 0 Å². The number of hydrogen-bond donors (Lipinski definition) is 2. The highest BCUT2D eigenvalue weighted by atomic mass is 14.9. The molecule has 2 N–H and O–H groups in total. The van der Waals surface area contributed by atoms with Crippen LogP contribution in [-0.2, 0) is 0 Å². The van der Waals surface area contributed by atoms with E-state index in [0.717, 1.165) is 32.4 Å². The number of nitrogens with zero attached hydrogens (tertiary/aromatic N) is 2. The van der Waals surface area contributed by atoms with Gasteiger partial charge in [-0.1, -0.05) is 13.8 Å². The fourth-order valence-electron chi connectivity index (χ4n) is 1.20. The first-order valence-electron chi connectivity index (χ1n) is 5.54. The van der Waals surface area contributed by atoms with Crippen molar-refractivity contribution < 1.29 is 0 Å². The largest absolute Gasteiger partial charge is 0.302 e. The average molecular weight is 208 g/mol. The maximum Gasteiger partial charge on any atom is 0.0950 e. The van der Waals surface area contributed by atoms with E-state index in [1.54, 1.807) is 0 Å². The van der Waals surface area contributed by atoms with Crippen molar-refractivity contribution in [3.63, 3.8) is 0 Å². The van der Waals surface area contributed by atoms with Gasteiger partial charge in [0.1, 0.15) is 0 Å². The third-order valence-electron chi connectivity index (χ3n) is 2.26. The van der Waals surface area contributed by atoms with Gasteiger partial charge in [0.15, 0.2) is 0 Å². The van der Waals surface area contributed by atoms with Gasteiger partial charge >= 0.3 is 0 Å². The van der Waals surface area contributed by atoms with Crippen LogP contribution >= 0.6 is 0 Å². The molecule has 0 bridgehead atoms. The highest BCUT2D eigenvalue weighted by molar-refractivity contribution is 4.89. The minimum Gasteiger partial charge on any atom is -0.302 e. The zero-order valence-corrected chi connectivity index (χ0v) is 9.58. The molecule has 0 aliphatic carbocycles. The Hall–Kier alpha value is -1.10. The molecule has 4 heteroatoms. The quantitative estimate of drug-likeness (QED) is 0.587. The summed E-state index contributed by atoms with van der Waals surface area (Å²) < 4.78 is 0. The molecule has 0 fully saturated rings. The lowest BCUT2D eigenvalue weighted by Crippen LogP contribution is -2.32. The second-order valence-corrected chi connectivity index (χ2v) is 3.44. The van der Waals surface area contributed by atoms with Gasteiger partial charge < -0.3 is 10.6 Å². The fraction of sp³-hybridized carbons (Fsp3) is 0.818. The third-order valence-corrected chi connectivity index (χ3v) is 2.26. The SMILES string of the molecule is CCC(C#N)NCCCNC(C#N)CC. The molecular weight excluding hydrogens is 188 g/mol. The van der Waals surface area contributed by atoms with Gasteiger partial charge in [-0.15, -0.1) is 0 Å².